The van der Waals surface area contributed by atoms with Crippen molar-refractivity contribution in [1.82, 2.24) is 0 Å². The van der Waals surface area contributed by atoms with Crippen LogP contribution in [0.4, 0.5) is 0 Å². The molecule has 0 saturated heterocycles. The van der Waals surface area contributed by atoms with Crippen molar-refractivity contribution in [1.29, 1.82) is 0 Å². The highest BCUT2D eigenvalue weighted by Crippen LogP contribution is 2.35. The largest absolute Gasteiger partial charge is 0.426 e. The highest BCUT2D eigenvalue weighted by molar-refractivity contribution is 6.30. The van der Waals surface area contributed by atoms with E-state index in [1.54, 1.807) is 30.3 Å². The Morgan fingerprint density at radius 2 is 1.75 bits per heavy atom. The number of hydrogen-bond acceptors (Lipinski definition) is 3. The van der Waals surface area contributed by atoms with Gasteiger partial charge in [0.2, 0.25) is 0 Å². The Morgan fingerprint density at radius 1 is 1.00 bits per heavy atom. The van der Waals surface area contributed by atoms with E-state index in [0.29, 0.717) is 22.8 Å². The Balaban J connectivity index is 1.75. The first kappa shape index (κ1) is 14.9. The number of benzene rings is 3. The van der Waals surface area contributed by atoms with Gasteiger partial charge >= 0.3 is 5.97 Å². The number of Topliss-reactive ketones (excluding diaryl/α,β-unsaturated/α-hetero) is 1. The lowest BCUT2D eigenvalue weighted by atomic mass is 9.87. The van der Waals surface area contributed by atoms with Crippen LogP contribution >= 0.6 is 11.6 Å². The molecular formula is C20H13ClO3. The SMILES string of the molecule is O=C1Oc2ccc3ccccc3c2C[C@H]1C(=O)c1ccc(Cl)cc1. The second kappa shape index (κ2) is 5.77. The van der Waals surface area contributed by atoms with Gasteiger partial charge in [-0.1, -0.05) is 41.9 Å². The minimum atomic E-state index is -0.829. The van der Waals surface area contributed by atoms with Crippen molar-refractivity contribution < 1.29 is 14.3 Å². The molecule has 24 heavy (non-hydrogen) atoms. The van der Waals surface area contributed by atoms with Crippen LogP contribution in [0, 0.1) is 5.92 Å². The quantitative estimate of drug-likeness (QED) is 0.300. The summed E-state index contributed by atoms with van der Waals surface area (Å²) in [6.07, 6.45) is 0.344. The Labute approximate surface area is 143 Å². The van der Waals surface area contributed by atoms with Crippen LogP contribution in [0.3, 0.4) is 0 Å². The van der Waals surface area contributed by atoms with Gasteiger partial charge in [0.25, 0.3) is 0 Å². The Bertz CT molecular complexity index is 960. The summed E-state index contributed by atoms with van der Waals surface area (Å²) in [5.41, 5.74) is 1.37. The lowest BCUT2D eigenvalue weighted by molar-refractivity contribution is -0.138. The normalized spacial score (nSPS) is 16.5. The molecule has 0 bridgehead atoms. The third-order valence-corrected chi connectivity index (χ3v) is 4.60. The summed E-state index contributed by atoms with van der Waals surface area (Å²) >= 11 is 5.86. The third kappa shape index (κ3) is 2.47. The van der Waals surface area contributed by atoms with Crippen LogP contribution in [-0.4, -0.2) is 11.8 Å². The summed E-state index contributed by atoms with van der Waals surface area (Å²) in [7, 11) is 0. The number of hydrogen-bond donors (Lipinski definition) is 0. The van der Waals surface area contributed by atoms with Crippen molar-refractivity contribution in [2.75, 3.05) is 0 Å². The van der Waals surface area contributed by atoms with Crippen LogP contribution in [0.2, 0.25) is 5.02 Å². The first-order valence-corrected chi connectivity index (χ1v) is 8.03. The summed E-state index contributed by atoms with van der Waals surface area (Å²) in [6.45, 7) is 0. The predicted molar refractivity (Wildman–Crippen MR) is 92.6 cm³/mol. The molecule has 0 aliphatic carbocycles. The fourth-order valence-corrected chi connectivity index (χ4v) is 3.23. The molecule has 0 unspecified atom stereocenters. The van der Waals surface area contributed by atoms with Gasteiger partial charge in [0.05, 0.1) is 0 Å². The van der Waals surface area contributed by atoms with Gasteiger partial charge in [-0.2, -0.15) is 0 Å². The molecule has 1 aliphatic heterocycles. The molecule has 3 nitrogen and oxygen atoms in total. The number of rotatable bonds is 2. The zero-order valence-corrected chi connectivity index (χ0v) is 13.4. The zero-order chi connectivity index (χ0) is 16.7. The molecule has 4 heteroatoms. The third-order valence-electron chi connectivity index (χ3n) is 4.35. The highest BCUT2D eigenvalue weighted by atomic mass is 35.5. The fraction of sp³-hybridized carbons (Fsp3) is 0.100. The summed E-state index contributed by atoms with van der Waals surface area (Å²) < 4.78 is 5.43. The summed E-state index contributed by atoms with van der Waals surface area (Å²) in [5, 5.41) is 2.62. The lowest BCUT2D eigenvalue weighted by Crippen LogP contribution is -2.34. The summed E-state index contributed by atoms with van der Waals surface area (Å²) in [6, 6.07) is 18.2. The second-order valence-electron chi connectivity index (χ2n) is 5.81. The zero-order valence-electron chi connectivity index (χ0n) is 12.7. The van der Waals surface area contributed by atoms with Gasteiger partial charge in [-0.3, -0.25) is 9.59 Å². The van der Waals surface area contributed by atoms with Crippen LogP contribution < -0.4 is 4.74 Å². The number of ketones is 1. The Morgan fingerprint density at radius 3 is 2.54 bits per heavy atom. The summed E-state index contributed by atoms with van der Waals surface area (Å²) in [5.74, 6) is -1.03. The van der Waals surface area contributed by atoms with E-state index in [0.717, 1.165) is 16.3 Å². The first-order valence-electron chi connectivity index (χ1n) is 7.65. The van der Waals surface area contributed by atoms with Crippen molar-refractivity contribution in [2.45, 2.75) is 6.42 Å². The molecule has 3 aromatic rings. The van der Waals surface area contributed by atoms with Crippen LogP contribution in [0.5, 0.6) is 5.75 Å². The standard InChI is InChI=1S/C20H13ClO3/c21-14-8-5-13(6-9-14)19(22)17-11-16-15-4-2-1-3-12(15)7-10-18(16)24-20(17)23/h1-10,17H,11H2/t17-/m0/s1. The molecule has 0 fully saturated rings. The maximum atomic E-state index is 12.7. The average molecular weight is 337 g/mol. The molecule has 3 aromatic carbocycles. The maximum absolute atomic E-state index is 12.7. The van der Waals surface area contributed by atoms with Gasteiger partial charge in [0.15, 0.2) is 5.78 Å². The minimum Gasteiger partial charge on any atom is -0.426 e. The monoisotopic (exact) mass is 336 g/mol. The van der Waals surface area contributed by atoms with Crippen molar-refractivity contribution >= 4 is 34.1 Å². The van der Waals surface area contributed by atoms with E-state index in [2.05, 4.69) is 0 Å². The van der Waals surface area contributed by atoms with Gasteiger partial charge in [0, 0.05) is 16.1 Å². The van der Waals surface area contributed by atoms with Crippen molar-refractivity contribution in [2.24, 2.45) is 5.92 Å². The van der Waals surface area contributed by atoms with Gasteiger partial charge in [0.1, 0.15) is 11.7 Å². The number of ether oxygens (including phenoxy) is 1. The minimum absolute atomic E-state index is 0.241. The first-order chi connectivity index (χ1) is 11.6. The maximum Gasteiger partial charge on any atom is 0.322 e. The van der Waals surface area contributed by atoms with E-state index < -0.39 is 11.9 Å². The Hall–Kier alpha value is -2.65. The smallest absolute Gasteiger partial charge is 0.322 e. The van der Waals surface area contributed by atoms with E-state index in [-0.39, 0.29) is 5.78 Å². The molecule has 0 N–H and O–H groups in total. The molecule has 0 aromatic heterocycles. The van der Waals surface area contributed by atoms with Gasteiger partial charge in [-0.15, -0.1) is 0 Å². The van der Waals surface area contributed by atoms with E-state index in [9.17, 15) is 9.59 Å². The number of carbonyl (C=O) groups is 2. The second-order valence-corrected chi connectivity index (χ2v) is 6.25. The molecular weight excluding hydrogens is 324 g/mol. The van der Waals surface area contributed by atoms with Crippen molar-refractivity contribution in [3.05, 3.63) is 76.8 Å². The summed E-state index contributed by atoms with van der Waals surface area (Å²) in [4.78, 5) is 25.0. The van der Waals surface area contributed by atoms with Crippen molar-refractivity contribution in [3.63, 3.8) is 0 Å². The van der Waals surface area contributed by atoms with E-state index in [1.807, 2.05) is 30.3 Å². The van der Waals surface area contributed by atoms with Crippen molar-refractivity contribution in [3.8, 4) is 5.75 Å². The Kier molecular flexibility index (Phi) is 3.58. The van der Waals surface area contributed by atoms with Gasteiger partial charge in [-0.05, 0) is 47.5 Å². The number of esters is 1. The molecule has 0 spiro atoms. The molecule has 1 aliphatic rings. The van der Waals surface area contributed by atoms with Crippen LogP contribution in [0.25, 0.3) is 10.8 Å². The molecule has 118 valence electrons. The molecule has 1 atom stereocenters. The number of fused-ring (bicyclic) bond motifs is 3. The molecule has 0 amide bonds. The van der Waals surface area contributed by atoms with E-state index >= 15 is 0 Å². The predicted octanol–water partition coefficient (Wildman–Crippen LogP) is 4.45. The van der Waals surface area contributed by atoms with Gasteiger partial charge < -0.3 is 4.74 Å². The molecule has 1 heterocycles. The van der Waals surface area contributed by atoms with Crippen LogP contribution in [-0.2, 0) is 11.2 Å². The topological polar surface area (TPSA) is 43.4 Å². The molecule has 0 saturated carbocycles. The van der Waals surface area contributed by atoms with E-state index in [1.165, 1.54) is 0 Å². The van der Waals surface area contributed by atoms with Crippen LogP contribution in [0.1, 0.15) is 15.9 Å². The highest BCUT2D eigenvalue weighted by Gasteiger charge is 2.35. The fourth-order valence-electron chi connectivity index (χ4n) is 3.10. The average Bonchev–Trinajstić information content (AvgIpc) is 2.61. The molecule has 4 rings (SSSR count). The van der Waals surface area contributed by atoms with Crippen LogP contribution in [0.15, 0.2) is 60.7 Å². The lowest BCUT2D eigenvalue weighted by Gasteiger charge is -2.24. The molecule has 0 radical (unpaired) electrons. The number of carbonyl (C=O) groups excluding carboxylic acids is 2. The number of halogens is 1. The van der Waals surface area contributed by atoms with E-state index in [4.69, 9.17) is 16.3 Å². The van der Waals surface area contributed by atoms with Gasteiger partial charge in [-0.25, -0.2) is 0 Å².